The monoisotopic (exact) mass is 543 g/mol. The highest BCUT2D eigenvalue weighted by atomic mass is 16.7. The summed E-state index contributed by atoms with van der Waals surface area (Å²) >= 11 is 0. The number of rotatable bonds is 11. The molecule has 40 heavy (non-hydrogen) atoms. The van der Waals surface area contributed by atoms with Crippen LogP contribution in [0.25, 0.3) is 0 Å². The zero-order valence-corrected chi connectivity index (χ0v) is 22.4. The first-order valence-electron chi connectivity index (χ1n) is 13.6. The molecule has 2 aliphatic heterocycles. The number of carbonyl (C=O) groups is 3. The van der Waals surface area contributed by atoms with Gasteiger partial charge >= 0.3 is 12.0 Å². The second-order valence-corrected chi connectivity index (χ2v) is 10.1. The van der Waals surface area contributed by atoms with Gasteiger partial charge in [-0.25, -0.2) is 4.79 Å². The van der Waals surface area contributed by atoms with Crippen LogP contribution >= 0.6 is 0 Å². The van der Waals surface area contributed by atoms with Crippen LogP contribution in [0.15, 0.2) is 72.8 Å². The molecule has 2 heterocycles. The highest BCUT2D eigenvalue weighted by Gasteiger charge is 2.39. The largest absolute Gasteiger partial charge is 0.481 e. The molecule has 0 aromatic heterocycles. The van der Waals surface area contributed by atoms with Gasteiger partial charge in [0.1, 0.15) is 6.04 Å². The van der Waals surface area contributed by atoms with Gasteiger partial charge in [-0.05, 0) is 41.3 Å². The summed E-state index contributed by atoms with van der Waals surface area (Å²) in [4.78, 5) is 43.1. The van der Waals surface area contributed by atoms with Crippen molar-refractivity contribution in [2.45, 2.75) is 57.8 Å². The smallest absolute Gasteiger partial charge is 0.325 e. The van der Waals surface area contributed by atoms with Gasteiger partial charge in [0.05, 0.1) is 18.2 Å². The Hall–Kier alpha value is -4.53. The number of anilines is 1. The molecule has 1 unspecified atom stereocenters. The maximum atomic E-state index is 14.0. The van der Waals surface area contributed by atoms with E-state index in [0.717, 1.165) is 24.0 Å². The van der Waals surface area contributed by atoms with Crippen LogP contribution in [0.3, 0.4) is 0 Å². The molecule has 0 saturated heterocycles. The summed E-state index contributed by atoms with van der Waals surface area (Å²) in [6, 6.07) is 20.6. The van der Waals surface area contributed by atoms with Crippen LogP contribution in [-0.4, -0.2) is 40.7 Å². The van der Waals surface area contributed by atoms with Crippen LogP contribution in [0, 0.1) is 0 Å². The molecule has 208 valence electrons. The summed E-state index contributed by atoms with van der Waals surface area (Å²) in [5.74, 6) is -0.385. The molecule has 2 aliphatic rings. The van der Waals surface area contributed by atoms with Crippen molar-refractivity contribution in [3.05, 3.63) is 89.5 Å². The molecular formula is C31H33N3O6. The average molecular weight is 544 g/mol. The molecule has 3 aromatic rings. The van der Waals surface area contributed by atoms with Gasteiger partial charge in [0, 0.05) is 13.1 Å². The number of aliphatic carboxylic acids is 1. The summed E-state index contributed by atoms with van der Waals surface area (Å²) in [6.07, 6.45) is 1.66. The lowest BCUT2D eigenvalue weighted by Gasteiger charge is -2.41. The SMILES string of the molecule is CCCCC(C(=O)N[C@@H](CC(=O)O)c1ccc2c(c1)OCO2)N1C(=O)N(Cc2ccccc2)Cc2ccccc21. The fourth-order valence-corrected chi connectivity index (χ4v) is 5.24. The third-order valence-corrected chi connectivity index (χ3v) is 7.24. The molecule has 2 N–H and O–H groups in total. The molecular weight excluding hydrogens is 510 g/mol. The number of urea groups is 1. The van der Waals surface area contributed by atoms with E-state index in [1.54, 1.807) is 28.0 Å². The first-order valence-corrected chi connectivity index (χ1v) is 13.6. The third-order valence-electron chi connectivity index (χ3n) is 7.24. The van der Waals surface area contributed by atoms with E-state index in [1.165, 1.54) is 0 Å². The second-order valence-electron chi connectivity index (χ2n) is 10.1. The van der Waals surface area contributed by atoms with Gasteiger partial charge in [0.25, 0.3) is 0 Å². The van der Waals surface area contributed by atoms with E-state index in [4.69, 9.17) is 9.47 Å². The van der Waals surface area contributed by atoms with Gasteiger partial charge in [-0.1, -0.05) is 74.4 Å². The predicted molar refractivity (Wildman–Crippen MR) is 149 cm³/mol. The first kappa shape index (κ1) is 27.1. The van der Waals surface area contributed by atoms with Crippen LogP contribution in [0.1, 0.15) is 55.3 Å². The normalized spacial score (nSPS) is 15.4. The Labute approximate surface area is 233 Å². The number of benzene rings is 3. The highest BCUT2D eigenvalue weighted by molar-refractivity contribution is 6.02. The topological polar surface area (TPSA) is 108 Å². The fourth-order valence-electron chi connectivity index (χ4n) is 5.24. The molecule has 0 bridgehead atoms. The Bertz CT molecular complexity index is 1380. The Balaban J connectivity index is 1.46. The Morgan fingerprint density at radius 1 is 1.00 bits per heavy atom. The number of fused-ring (bicyclic) bond motifs is 2. The first-order chi connectivity index (χ1) is 19.4. The molecule has 0 radical (unpaired) electrons. The number of unbranched alkanes of at least 4 members (excludes halogenated alkanes) is 1. The van der Waals surface area contributed by atoms with E-state index in [1.807, 2.05) is 61.5 Å². The van der Waals surface area contributed by atoms with Crippen molar-refractivity contribution in [2.24, 2.45) is 0 Å². The number of ether oxygens (including phenoxy) is 2. The number of amides is 3. The van der Waals surface area contributed by atoms with Crippen molar-refractivity contribution in [3.8, 4) is 11.5 Å². The molecule has 9 nitrogen and oxygen atoms in total. The van der Waals surface area contributed by atoms with Crippen LogP contribution in [0.4, 0.5) is 10.5 Å². The summed E-state index contributed by atoms with van der Waals surface area (Å²) in [6.45, 7) is 2.96. The van der Waals surface area contributed by atoms with E-state index >= 15 is 0 Å². The zero-order valence-electron chi connectivity index (χ0n) is 22.4. The number of hydrogen-bond donors (Lipinski definition) is 2. The zero-order chi connectivity index (χ0) is 28.1. The van der Waals surface area contributed by atoms with Crippen molar-refractivity contribution in [1.82, 2.24) is 10.2 Å². The van der Waals surface area contributed by atoms with Crippen molar-refractivity contribution >= 4 is 23.6 Å². The van der Waals surface area contributed by atoms with E-state index < -0.39 is 24.0 Å². The average Bonchev–Trinajstić information content (AvgIpc) is 3.43. The molecule has 0 aliphatic carbocycles. The molecule has 3 aromatic carbocycles. The lowest BCUT2D eigenvalue weighted by Crippen LogP contribution is -2.56. The predicted octanol–water partition coefficient (Wildman–Crippen LogP) is 5.25. The highest BCUT2D eigenvalue weighted by Crippen LogP contribution is 2.36. The van der Waals surface area contributed by atoms with Gasteiger partial charge in [-0.2, -0.15) is 0 Å². The van der Waals surface area contributed by atoms with Crippen LogP contribution in [0.2, 0.25) is 0 Å². The van der Waals surface area contributed by atoms with Crippen LogP contribution in [0.5, 0.6) is 11.5 Å². The number of carboxylic acids is 1. The minimum absolute atomic E-state index is 0.0871. The molecule has 0 saturated carbocycles. The Morgan fingerprint density at radius 3 is 2.52 bits per heavy atom. The summed E-state index contributed by atoms with van der Waals surface area (Å²) in [5.41, 5.74) is 3.23. The molecule has 0 fully saturated rings. The summed E-state index contributed by atoms with van der Waals surface area (Å²) < 4.78 is 10.8. The van der Waals surface area contributed by atoms with Crippen molar-refractivity contribution in [2.75, 3.05) is 11.7 Å². The van der Waals surface area contributed by atoms with Gasteiger partial charge in [-0.3, -0.25) is 14.5 Å². The lowest BCUT2D eigenvalue weighted by molar-refractivity contribution is -0.137. The Kier molecular flexibility index (Phi) is 8.19. The third kappa shape index (κ3) is 5.88. The van der Waals surface area contributed by atoms with Crippen molar-refractivity contribution < 1.29 is 29.0 Å². The molecule has 2 atom stereocenters. The maximum absolute atomic E-state index is 14.0. The summed E-state index contributed by atoms with van der Waals surface area (Å²) in [7, 11) is 0. The van der Waals surface area contributed by atoms with E-state index in [9.17, 15) is 19.5 Å². The van der Waals surface area contributed by atoms with Gasteiger partial charge in [0.15, 0.2) is 11.5 Å². The van der Waals surface area contributed by atoms with Crippen LogP contribution in [-0.2, 0) is 22.7 Å². The van der Waals surface area contributed by atoms with Crippen molar-refractivity contribution in [3.63, 3.8) is 0 Å². The number of carbonyl (C=O) groups excluding carboxylic acids is 2. The summed E-state index contributed by atoms with van der Waals surface area (Å²) in [5, 5.41) is 12.6. The number of nitrogens with one attached hydrogen (secondary N) is 1. The van der Waals surface area contributed by atoms with Gasteiger partial charge in [-0.15, -0.1) is 0 Å². The molecule has 9 heteroatoms. The second kappa shape index (κ2) is 12.1. The van der Waals surface area contributed by atoms with E-state index in [-0.39, 0.29) is 19.2 Å². The fraction of sp³-hybridized carbons (Fsp3) is 0.323. The minimum atomic E-state index is -1.05. The number of para-hydroxylation sites is 1. The number of nitrogens with zero attached hydrogens (tertiary/aromatic N) is 2. The van der Waals surface area contributed by atoms with Gasteiger partial charge in [0.2, 0.25) is 12.7 Å². The van der Waals surface area contributed by atoms with Crippen molar-refractivity contribution in [1.29, 1.82) is 0 Å². The standard InChI is InChI=1S/C31H33N3O6/c1-2-3-12-26(30(37)32-24(17-29(35)36)22-14-15-27-28(16-22)40-20-39-27)34-25-13-8-7-11-23(25)19-33(31(34)38)18-21-9-5-4-6-10-21/h4-11,13-16,24,26H,2-3,12,17-20H2,1H3,(H,32,37)(H,35,36)/t24-,26?/m0/s1. The Morgan fingerprint density at radius 2 is 1.75 bits per heavy atom. The number of carboxylic acid groups (broad SMARTS) is 1. The quantitative estimate of drug-likeness (QED) is 0.342. The van der Waals surface area contributed by atoms with E-state index in [0.29, 0.717) is 42.3 Å². The lowest BCUT2D eigenvalue weighted by atomic mass is 9.99. The molecule has 0 spiro atoms. The van der Waals surface area contributed by atoms with E-state index in [2.05, 4.69) is 5.32 Å². The molecule has 5 rings (SSSR count). The van der Waals surface area contributed by atoms with Gasteiger partial charge < -0.3 is 24.8 Å². The maximum Gasteiger partial charge on any atom is 0.325 e. The number of hydrogen-bond acceptors (Lipinski definition) is 5. The van der Waals surface area contributed by atoms with Crippen LogP contribution < -0.4 is 19.7 Å². The minimum Gasteiger partial charge on any atom is -0.481 e. The molecule has 3 amide bonds.